The average molecular weight is 547 g/mol. The number of halogens is 2. The molecule has 0 saturated carbocycles. The number of aromatic nitrogens is 2. The molecule has 0 amide bonds. The lowest BCUT2D eigenvalue weighted by atomic mass is 9.96. The summed E-state index contributed by atoms with van der Waals surface area (Å²) < 4.78 is 16.7. The first-order valence-corrected chi connectivity index (χ1v) is 14.1. The van der Waals surface area contributed by atoms with Gasteiger partial charge in [-0.3, -0.25) is 0 Å². The number of aromatic hydroxyl groups is 1. The summed E-state index contributed by atoms with van der Waals surface area (Å²) in [4.78, 5) is 16.6. The van der Waals surface area contributed by atoms with E-state index in [0.717, 1.165) is 62.0 Å². The molecule has 9 heteroatoms. The fourth-order valence-corrected chi connectivity index (χ4v) is 6.69. The lowest BCUT2D eigenvalue weighted by Crippen LogP contribution is -2.58. The molecule has 7 nitrogen and oxygen atoms in total. The van der Waals surface area contributed by atoms with Crippen LogP contribution in [-0.4, -0.2) is 78.4 Å². The molecule has 0 radical (unpaired) electrons. The van der Waals surface area contributed by atoms with Gasteiger partial charge in [0.05, 0.1) is 5.02 Å². The second kappa shape index (κ2) is 9.47. The van der Waals surface area contributed by atoms with Crippen molar-refractivity contribution in [1.29, 1.82) is 0 Å². The summed E-state index contributed by atoms with van der Waals surface area (Å²) in [7, 11) is 4.15. The van der Waals surface area contributed by atoms with Crippen LogP contribution in [0.15, 0.2) is 42.5 Å². The van der Waals surface area contributed by atoms with E-state index in [1.807, 2.05) is 30.3 Å². The highest BCUT2D eigenvalue weighted by Gasteiger charge is 2.36. The van der Waals surface area contributed by atoms with Crippen molar-refractivity contribution in [1.82, 2.24) is 20.2 Å². The molecule has 4 saturated heterocycles. The minimum atomic E-state index is -0.485. The van der Waals surface area contributed by atoms with Gasteiger partial charge in [0.2, 0.25) is 5.95 Å². The van der Waals surface area contributed by atoms with E-state index >= 15 is 4.39 Å². The number of piperazine rings is 1. The molecule has 4 aliphatic rings. The van der Waals surface area contributed by atoms with Gasteiger partial charge in [-0.15, -0.1) is 0 Å². The molecule has 0 aliphatic carbocycles. The Morgan fingerprint density at radius 1 is 1.05 bits per heavy atom. The van der Waals surface area contributed by atoms with Gasteiger partial charge in [0.25, 0.3) is 0 Å². The summed E-state index contributed by atoms with van der Waals surface area (Å²) in [6, 6.07) is 13.8. The fraction of sp³-hybridized carbons (Fsp3) is 0.400. The van der Waals surface area contributed by atoms with Gasteiger partial charge in [0.1, 0.15) is 17.1 Å². The van der Waals surface area contributed by atoms with Crippen molar-refractivity contribution in [2.45, 2.75) is 37.4 Å². The Labute approximate surface area is 232 Å². The molecule has 4 aliphatic heterocycles. The van der Waals surface area contributed by atoms with Gasteiger partial charge in [0.15, 0.2) is 5.82 Å². The van der Waals surface area contributed by atoms with Crippen LogP contribution in [0.3, 0.4) is 0 Å². The van der Waals surface area contributed by atoms with E-state index in [0.29, 0.717) is 29.0 Å². The number of benzene rings is 3. The number of hydrogen-bond donors (Lipinski definition) is 2. The number of phenolic OH excluding ortho intramolecular Hbond substituents is 1. The normalized spacial score (nSPS) is 21.7. The minimum Gasteiger partial charge on any atom is -0.508 e. The van der Waals surface area contributed by atoms with E-state index in [1.165, 1.54) is 0 Å². The molecule has 5 heterocycles. The summed E-state index contributed by atoms with van der Waals surface area (Å²) >= 11 is 6.89. The van der Waals surface area contributed by atoms with Crippen molar-refractivity contribution >= 4 is 45.0 Å². The minimum absolute atomic E-state index is 0.0618. The summed E-state index contributed by atoms with van der Waals surface area (Å²) in [6.07, 6.45) is 3.36. The molecule has 2 N–H and O–H groups in total. The molecular weight excluding hydrogens is 515 g/mol. The maximum Gasteiger partial charge on any atom is 0.228 e. The standard InChI is InChI=1S/C30H32ClFN6O/c1-36(2)20-15-37(16-20)30-34-28-24(29(35-30)38-14-18-7-5-8-19(38)13-33-18)12-25(31)26(27(28)32)23-11-21(39)10-17-6-3-4-9-22(17)23/h3-4,6,9-12,18-20,33,39H,5,7-8,13-16H2,1-2H3. The molecule has 4 aromatic rings. The van der Waals surface area contributed by atoms with Crippen LogP contribution in [0.25, 0.3) is 32.8 Å². The first-order valence-electron chi connectivity index (χ1n) is 13.7. The monoisotopic (exact) mass is 546 g/mol. The number of fused-ring (bicyclic) bond motifs is 6. The quantitative estimate of drug-likeness (QED) is 0.372. The van der Waals surface area contributed by atoms with Crippen LogP contribution in [0.4, 0.5) is 16.2 Å². The number of phenols is 1. The molecule has 2 unspecified atom stereocenters. The smallest absolute Gasteiger partial charge is 0.228 e. The Morgan fingerprint density at radius 2 is 1.87 bits per heavy atom. The summed E-state index contributed by atoms with van der Waals surface area (Å²) in [6.45, 7) is 3.31. The van der Waals surface area contributed by atoms with E-state index in [2.05, 4.69) is 34.1 Å². The number of likely N-dealkylation sites (N-methyl/N-ethyl adjacent to an activating group) is 1. The van der Waals surface area contributed by atoms with Crippen molar-refractivity contribution < 1.29 is 9.50 Å². The van der Waals surface area contributed by atoms with Crippen LogP contribution in [0.1, 0.15) is 19.3 Å². The van der Waals surface area contributed by atoms with Gasteiger partial charge in [-0.2, -0.15) is 4.98 Å². The van der Waals surface area contributed by atoms with Crippen LogP contribution in [-0.2, 0) is 0 Å². The van der Waals surface area contributed by atoms with E-state index in [4.69, 9.17) is 21.6 Å². The van der Waals surface area contributed by atoms with Gasteiger partial charge in [-0.1, -0.05) is 35.9 Å². The van der Waals surface area contributed by atoms with E-state index in [1.54, 1.807) is 12.1 Å². The maximum atomic E-state index is 16.7. The molecule has 2 atom stereocenters. The van der Waals surface area contributed by atoms with Gasteiger partial charge in [0, 0.05) is 55.3 Å². The van der Waals surface area contributed by atoms with Crippen molar-refractivity contribution in [3.05, 3.63) is 53.3 Å². The molecule has 202 valence electrons. The van der Waals surface area contributed by atoms with Crippen molar-refractivity contribution in [2.75, 3.05) is 50.1 Å². The van der Waals surface area contributed by atoms with E-state index < -0.39 is 5.82 Å². The molecule has 4 fully saturated rings. The van der Waals surface area contributed by atoms with Crippen LogP contribution >= 0.6 is 11.6 Å². The Hall–Kier alpha value is -3.20. The molecular formula is C30H32ClFN6O. The molecule has 3 aromatic carbocycles. The van der Waals surface area contributed by atoms with Gasteiger partial charge >= 0.3 is 0 Å². The van der Waals surface area contributed by atoms with Crippen LogP contribution < -0.4 is 15.1 Å². The lowest BCUT2D eigenvalue weighted by Gasteiger charge is -2.43. The van der Waals surface area contributed by atoms with Gasteiger partial charge in [-0.25, -0.2) is 9.37 Å². The van der Waals surface area contributed by atoms with Gasteiger partial charge < -0.3 is 25.1 Å². The van der Waals surface area contributed by atoms with E-state index in [9.17, 15) is 5.11 Å². The lowest BCUT2D eigenvalue weighted by molar-refractivity contribution is 0.245. The first kappa shape index (κ1) is 24.8. The van der Waals surface area contributed by atoms with Crippen LogP contribution in [0.5, 0.6) is 5.75 Å². The second-order valence-corrected chi connectivity index (χ2v) is 11.8. The third kappa shape index (κ3) is 4.17. The Morgan fingerprint density at radius 3 is 2.69 bits per heavy atom. The summed E-state index contributed by atoms with van der Waals surface area (Å²) in [5, 5.41) is 16.7. The predicted molar refractivity (Wildman–Crippen MR) is 156 cm³/mol. The van der Waals surface area contributed by atoms with Crippen molar-refractivity contribution in [2.24, 2.45) is 0 Å². The number of anilines is 2. The number of rotatable bonds is 4. The molecule has 39 heavy (non-hydrogen) atoms. The highest BCUT2D eigenvalue weighted by molar-refractivity contribution is 6.35. The van der Waals surface area contributed by atoms with Crippen LogP contribution in [0, 0.1) is 5.82 Å². The first-order chi connectivity index (χ1) is 18.9. The largest absolute Gasteiger partial charge is 0.508 e. The zero-order chi connectivity index (χ0) is 26.8. The molecule has 1 aromatic heterocycles. The molecule has 8 rings (SSSR count). The second-order valence-electron chi connectivity index (χ2n) is 11.4. The highest BCUT2D eigenvalue weighted by atomic mass is 35.5. The third-order valence-corrected chi connectivity index (χ3v) is 9.00. The Kier molecular flexibility index (Phi) is 6.02. The zero-order valence-corrected chi connectivity index (χ0v) is 22.9. The van der Waals surface area contributed by atoms with Crippen molar-refractivity contribution in [3.8, 4) is 16.9 Å². The number of hydrogen-bond acceptors (Lipinski definition) is 7. The number of nitrogens with one attached hydrogen (secondary N) is 1. The summed E-state index contributed by atoms with van der Waals surface area (Å²) in [5.41, 5.74) is 1.07. The fourth-order valence-electron chi connectivity index (χ4n) is 6.40. The van der Waals surface area contributed by atoms with E-state index in [-0.39, 0.29) is 27.9 Å². The SMILES string of the molecule is CN(C)C1CN(c2nc(N3CC4CCCC3CN4)c3cc(Cl)c(-c4cc(O)cc5ccccc45)c(F)c3n2)C1. The Bertz CT molecular complexity index is 1590. The molecule has 0 spiro atoms. The van der Waals surface area contributed by atoms with Crippen LogP contribution in [0.2, 0.25) is 5.02 Å². The average Bonchev–Trinajstić information content (AvgIpc) is 3.23. The third-order valence-electron chi connectivity index (χ3n) is 8.70. The molecule has 2 bridgehead atoms. The summed E-state index contributed by atoms with van der Waals surface area (Å²) in [5.74, 6) is 0.888. The predicted octanol–water partition coefficient (Wildman–Crippen LogP) is 5.03. The van der Waals surface area contributed by atoms with Gasteiger partial charge in [-0.05, 0) is 67.9 Å². The Balaban J connectivity index is 1.44. The topological polar surface area (TPSA) is 67.8 Å². The number of nitrogens with zero attached hydrogens (tertiary/aromatic N) is 5. The zero-order valence-electron chi connectivity index (χ0n) is 22.2. The highest BCUT2D eigenvalue weighted by Crippen LogP contribution is 2.43. The van der Waals surface area contributed by atoms with Crippen molar-refractivity contribution in [3.63, 3.8) is 0 Å². The maximum absolute atomic E-state index is 16.7.